The van der Waals surface area contributed by atoms with Crippen LogP contribution in [0, 0.1) is 18.6 Å². The number of hydrogen-bond acceptors (Lipinski definition) is 2. The first-order chi connectivity index (χ1) is 8.16. The molecule has 0 amide bonds. The Morgan fingerprint density at radius 2 is 1.76 bits per heavy atom. The summed E-state index contributed by atoms with van der Waals surface area (Å²) in [5.41, 5.74) is 0.0516. The molecule has 17 heavy (non-hydrogen) atoms. The highest BCUT2D eigenvalue weighted by molar-refractivity contribution is 5.19. The van der Waals surface area contributed by atoms with Crippen molar-refractivity contribution in [2.24, 2.45) is 0 Å². The van der Waals surface area contributed by atoms with Crippen molar-refractivity contribution in [3.63, 3.8) is 0 Å². The van der Waals surface area contributed by atoms with Crippen LogP contribution in [0.2, 0.25) is 0 Å². The van der Waals surface area contributed by atoms with Crippen molar-refractivity contribution in [1.29, 1.82) is 0 Å². The van der Waals surface area contributed by atoms with E-state index in [1.54, 1.807) is 0 Å². The van der Waals surface area contributed by atoms with Crippen molar-refractivity contribution in [3.8, 4) is 0 Å². The molecule has 0 spiro atoms. The van der Waals surface area contributed by atoms with Crippen LogP contribution in [-0.4, -0.2) is 0 Å². The second-order valence-corrected chi connectivity index (χ2v) is 3.82. The van der Waals surface area contributed by atoms with Gasteiger partial charge in [-0.1, -0.05) is 6.07 Å². The lowest BCUT2D eigenvalue weighted by atomic mass is 10.2. The van der Waals surface area contributed by atoms with Crippen LogP contribution >= 0.6 is 0 Å². The number of nitrogens with one attached hydrogen (secondary N) is 1. The Morgan fingerprint density at radius 1 is 1.06 bits per heavy atom. The summed E-state index contributed by atoms with van der Waals surface area (Å²) < 4.78 is 31.9. The van der Waals surface area contributed by atoms with Gasteiger partial charge in [0, 0.05) is 12.1 Å². The molecular weight excluding hydrogens is 224 g/mol. The molecule has 1 N–H and O–H groups in total. The molecule has 0 fully saturated rings. The van der Waals surface area contributed by atoms with Gasteiger partial charge in [-0.25, -0.2) is 8.78 Å². The number of hydrogen-bond donors (Lipinski definition) is 1. The van der Waals surface area contributed by atoms with Crippen LogP contribution in [0.4, 0.5) is 8.78 Å². The number of benzene rings is 1. The second kappa shape index (κ2) is 5.10. The van der Waals surface area contributed by atoms with Crippen LogP contribution in [0.5, 0.6) is 0 Å². The van der Waals surface area contributed by atoms with Gasteiger partial charge in [-0.2, -0.15) is 0 Å². The Hall–Kier alpha value is -1.68. The molecule has 4 heteroatoms. The van der Waals surface area contributed by atoms with E-state index in [0.717, 1.165) is 11.5 Å². The van der Waals surface area contributed by atoms with Crippen molar-refractivity contribution in [2.45, 2.75) is 20.0 Å². The standard InChI is InChI=1S/C13H13F2NO/c1-9-5-6-10(17-9)7-16-8-11-12(14)3-2-4-13(11)15/h2-6,16H,7-8H2,1H3. The third-order valence-electron chi connectivity index (χ3n) is 2.46. The lowest BCUT2D eigenvalue weighted by molar-refractivity contribution is 0.455. The van der Waals surface area contributed by atoms with Gasteiger partial charge < -0.3 is 9.73 Å². The lowest BCUT2D eigenvalue weighted by Crippen LogP contribution is -2.14. The summed E-state index contributed by atoms with van der Waals surface area (Å²) >= 11 is 0. The van der Waals surface area contributed by atoms with E-state index in [2.05, 4.69) is 5.32 Å². The highest BCUT2D eigenvalue weighted by Crippen LogP contribution is 2.12. The van der Waals surface area contributed by atoms with E-state index < -0.39 is 11.6 Å². The first kappa shape index (κ1) is 11.8. The predicted molar refractivity (Wildman–Crippen MR) is 60.3 cm³/mol. The minimum atomic E-state index is -0.534. The Kier molecular flexibility index (Phi) is 3.54. The highest BCUT2D eigenvalue weighted by atomic mass is 19.1. The Labute approximate surface area is 98.3 Å². The van der Waals surface area contributed by atoms with Gasteiger partial charge in [0.15, 0.2) is 0 Å². The zero-order chi connectivity index (χ0) is 12.3. The topological polar surface area (TPSA) is 25.2 Å². The van der Waals surface area contributed by atoms with Crippen molar-refractivity contribution >= 4 is 0 Å². The largest absolute Gasteiger partial charge is 0.465 e. The van der Waals surface area contributed by atoms with E-state index in [9.17, 15) is 8.78 Å². The number of rotatable bonds is 4. The van der Waals surface area contributed by atoms with Gasteiger partial charge in [-0.3, -0.25) is 0 Å². The maximum Gasteiger partial charge on any atom is 0.130 e. The molecule has 1 heterocycles. The smallest absolute Gasteiger partial charge is 0.130 e. The molecule has 0 bridgehead atoms. The molecule has 2 nitrogen and oxygen atoms in total. The van der Waals surface area contributed by atoms with Crippen LogP contribution < -0.4 is 5.32 Å². The fourth-order valence-corrected chi connectivity index (χ4v) is 1.59. The maximum absolute atomic E-state index is 13.3. The van der Waals surface area contributed by atoms with Gasteiger partial charge in [-0.15, -0.1) is 0 Å². The van der Waals surface area contributed by atoms with Crippen LogP contribution in [0.25, 0.3) is 0 Å². The summed E-state index contributed by atoms with van der Waals surface area (Å²) in [6, 6.07) is 7.53. The second-order valence-electron chi connectivity index (χ2n) is 3.82. The monoisotopic (exact) mass is 237 g/mol. The average Bonchev–Trinajstić information content (AvgIpc) is 2.69. The fraction of sp³-hybridized carbons (Fsp3) is 0.231. The summed E-state index contributed by atoms with van der Waals surface area (Å²) in [4.78, 5) is 0. The Bertz CT molecular complexity index is 488. The Balaban J connectivity index is 1.94. The molecule has 1 aromatic heterocycles. The summed E-state index contributed by atoms with van der Waals surface area (Å²) in [6.45, 7) is 2.43. The normalized spacial score (nSPS) is 10.8. The average molecular weight is 237 g/mol. The van der Waals surface area contributed by atoms with Crippen molar-refractivity contribution < 1.29 is 13.2 Å². The molecule has 0 unspecified atom stereocenters. The number of aryl methyl sites for hydroxylation is 1. The van der Waals surface area contributed by atoms with Crippen LogP contribution in [-0.2, 0) is 13.1 Å². The maximum atomic E-state index is 13.3. The quantitative estimate of drug-likeness (QED) is 0.883. The first-order valence-electron chi connectivity index (χ1n) is 5.36. The molecule has 1 aromatic carbocycles. The number of halogens is 2. The molecule has 0 aliphatic rings. The first-order valence-corrected chi connectivity index (χ1v) is 5.36. The zero-order valence-corrected chi connectivity index (χ0v) is 9.47. The SMILES string of the molecule is Cc1ccc(CNCc2c(F)cccc2F)o1. The highest BCUT2D eigenvalue weighted by Gasteiger charge is 2.07. The van der Waals surface area contributed by atoms with E-state index >= 15 is 0 Å². The van der Waals surface area contributed by atoms with Crippen molar-refractivity contribution in [2.75, 3.05) is 0 Å². The van der Waals surface area contributed by atoms with E-state index in [-0.39, 0.29) is 12.1 Å². The van der Waals surface area contributed by atoms with Crippen molar-refractivity contribution in [1.82, 2.24) is 5.32 Å². The fourth-order valence-electron chi connectivity index (χ4n) is 1.59. The van der Waals surface area contributed by atoms with Gasteiger partial charge in [0.05, 0.1) is 6.54 Å². The summed E-state index contributed by atoms with van der Waals surface area (Å²) in [5, 5.41) is 2.94. The third kappa shape index (κ3) is 2.91. The summed E-state index contributed by atoms with van der Waals surface area (Å²) in [6.07, 6.45) is 0. The zero-order valence-electron chi connectivity index (χ0n) is 9.47. The van der Waals surface area contributed by atoms with Gasteiger partial charge in [0.25, 0.3) is 0 Å². The number of furan rings is 1. The van der Waals surface area contributed by atoms with E-state index in [1.165, 1.54) is 18.2 Å². The van der Waals surface area contributed by atoms with E-state index in [0.29, 0.717) is 6.54 Å². The molecule has 0 aliphatic carbocycles. The van der Waals surface area contributed by atoms with Crippen LogP contribution in [0.3, 0.4) is 0 Å². The molecule has 0 saturated carbocycles. The molecule has 0 radical (unpaired) electrons. The minimum Gasteiger partial charge on any atom is -0.465 e. The minimum absolute atomic E-state index is 0.0516. The Morgan fingerprint density at radius 3 is 2.35 bits per heavy atom. The summed E-state index contributed by atoms with van der Waals surface area (Å²) in [5.74, 6) is 0.499. The van der Waals surface area contributed by atoms with E-state index in [4.69, 9.17) is 4.42 Å². The summed E-state index contributed by atoms with van der Waals surface area (Å²) in [7, 11) is 0. The van der Waals surface area contributed by atoms with Gasteiger partial charge in [-0.05, 0) is 31.2 Å². The molecule has 90 valence electrons. The molecule has 0 aliphatic heterocycles. The predicted octanol–water partition coefficient (Wildman–Crippen LogP) is 3.16. The van der Waals surface area contributed by atoms with Crippen LogP contribution in [0.1, 0.15) is 17.1 Å². The lowest BCUT2D eigenvalue weighted by Gasteiger charge is -2.05. The van der Waals surface area contributed by atoms with Crippen molar-refractivity contribution in [3.05, 3.63) is 59.1 Å². The van der Waals surface area contributed by atoms with E-state index in [1.807, 2.05) is 19.1 Å². The third-order valence-corrected chi connectivity index (χ3v) is 2.46. The van der Waals surface area contributed by atoms with Crippen LogP contribution in [0.15, 0.2) is 34.7 Å². The molecule has 2 aromatic rings. The molecular formula is C13H13F2NO. The van der Waals surface area contributed by atoms with Gasteiger partial charge >= 0.3 is 0 Å². The van der Waals surface area contributed by atoms with Gasteiger partial charge in [0.1, 0.15) is 23.2 Å². The molecule has 0 saturated heterocycles. The molecule has 0 atom stereocenters. The molecule has 2 rings (SSSR count). The van der Waals surface area contributed by atoms with Gasteiger partial charge in [0.2, 0.25) is 0 Å².